The number of ether oxygens (including phenoxy) is 1. The summed E-state index contributed by atoms with van der Waals surface area (Å²) in [6.07, 6.45) is 2.64. The standard InChI is InChI=1S/C14H23NO4/c1-14(2)9-19-8-7-15(14)12(16)10-3-5-11(6-4-10)13(17)18/h10-11H,3-9H2,1-2H3,(H,17,18). The normalized spacial score (nSPS) is 30.9. The van der Waals surface area contributed by atoms with Gasteiger partial charge >= 0.3 is 5.97 Å². The summed E-state index contributed by atoms with van der Waals surface area (Å²) in [5.74, 6) is -0.815. The highest BCUT2D eigenvalue weighted by Crippen LogP contribution is 2.32. The highest BCUT2D eigenvalue weighted by atomic mass is 16.5. The van der Waals surface area contributed by atoms with E-state index < -0.39 is 5.97 Å². The lowest BCUT2D eigenvalue weighted by Gasteiger charge is -2.44. The van der Waals surface area contributed by atoms with Gasteiger partial charge in [0.2, 0.25) is 5.91 Å². The Morgan fingerprint density at radius 1 is 1.16 bits per heavy atom. The second kappa shape index (κ2) is 5.49. The van der Waals surface area contributed by atoms with Gasteiger partial charge in [0.25, 0.3) is 0 Å². The molecule has 1 saturated carbocycles. The van der Waals surface area contributed by atoms with Crippen LogP contribution in [0, 0.1) is 11.8 Å². The molecule has 0 unspecified atom stereocenters. The highest BCUT2D eigenvalue weighted by Gasteiger charge is 2.39. The Labute approximate surface area is 113 Å². The minimum Gasteiger partial charge on any atom is -0.481 e. The summed E-state index contributed by atoms with van der Waals surface area (Å²) in [7, 11) is 0. The van der Waals surface area contributed by atoms with Crippen LogP contribution in [-0.4, -0.2) is 47.2 Å². The highest BCUT2D eigenvalue weighted by molar-refractivity contribution is 5.80. The lowest BCUT2D eigenvalue weighted by Crippen LogP contribution is -2.57. The van der Waals surface area contributed by atoms with E-state index in [1.165, 1.54) is 0 Å². The maximum absolute atomic E-state index is 12.6. The van der Waals surface area contributed by atoms with Crippen molar-refractivity contribution in [3.05, 3.63) is 0 Å². The van der Waals surface area contributed by atoms with Crippen LogP contribution in [0.15, 0.2) is 0 Å². The first kappa shape index (κ1) is 14.3. The summed E-state index contributed by atoms with van der Waals surface area (Å²) in [5, 5.41) is 8.98. The minimum atomic E-state index is -0.724. The number of hydrogen-bond donors (Lipinski definition) is 1. The maximum atomic E-state index is 12.6. The maximum Gasteiger partial charge on any atom is 0.306 e. The monoisotopic (exact) mass is 269 g/mol. The zero-order chi connectivity index (χ0) is 14.0. The summed E-state index contributed by atoms with van der Waals surface area (Å²) in [6, 6.07) is 0. The van der Waals surface area contributed by atoms with Gasteiger partial charge < -0.3 is 14.7 Å². The van der Waals surface area contributed by atoms with Gasteiger partial charge in [-0.25, -0.2) is 0 Å². The van der Waals surface area contributed by atoms with Crippen molar-refractivity contribution >= 4 is 11.9 Å². The van der Waals surface area contributed by atoms with E-state index in [4.69, 9.17) is 9.84 Å². The van der Waals surface area contributed by atoms with Gasteiger partial charge in [0.05, 0.1) is 24.7 Å². The number of morpholine rings is 1. The summed E-state index contributed by atoms with van der Waals surface area (Å²) in [5.41, 5.74) is -0.251. The molecular weight excluding hydrogens is 246 g/mol. The number of amides is 1. The fraction of sp³-hybridized carbons (Fsp3) is 0.857. The third-order valence-corrected chi connectivity index (χ3v) is 4.34. The van der Waals surface area contributed by atoms with E-state index in [-0.39, 0.29) is 23.3 Å². The first-order valence-corrected chi connectivity index (χ1v) is 7.04. The van der Waals surface area contributed by atoms with E-state index in [0.29, 0.717) is 45.4 Å². The molecule has 0 aromatic heterocycles. The molecule has 19 heavy (non-hydrogen) atoms. The molecule has 5 nitrogen and oxygen atoms in total. The third-order valence-electron chi connectivity index (χ3n) is 4.34. The Morgan fingerprint density at radius 3 is 2.26 bits per heavy atom. The van der Waals surface area contributed by atoms with E-state index in [0.717, 1.165) is 0 Å². The van der Waals surface area contributed by atoms with Gasteiger partial charge in [-0.15, -0.1) is 0 Å². The molecule has 0 aromatic carbocycles. The summed E-state index contributed by atoms with van der Waals surface area (Å²) in [6.45, 7) is 5.85. The van der Waals surface area contributed by atoms with Crippen LogP contribution in [0.3, 0.4) is 0 Å². The molecule has 0 spiro atoms. The molecule has 1 heterocycles. The number of carbonyl (C=O) groups excluding carboxylic acids is 1. The molecule has 108 valence electrons. The van der Waals surface area contributed by atoms with Crippen molar-refractivity contribution in [2.24, 2.45) is 11.8 Å². The van der Waals surface area contributed by atoms with Crippen molar-refractivity contribution in [3.63, 3.8) is 0 Å². The number of carboxylic acid groups (broad SMARTS) is 1. The largest absolute Gasteiger partial charge is 0.481 e. The summed E-state index contributed by atoms with van der Waals surface area (Å²) in [4.78, 5) is 25.4. The van der Waals surface area contributed by atoms with Gasteiger partial charge in [0.15, 0.2) is 0 Å². The third kappa shape index (κ3) is 3.08. The molecule has 0 radical (unpaired) electrons. The van der Waals surface area contributed by atoms with Crippen LogP contribution in [0.5, 0.6) is 0 Å². The van der Waals surface area contributed by atoms with E-state index in [1.807, 2.05) is 18.7 Å². The van der Waals surface area contributed by atoms with Crippen molar-refractivity contribution in [1.82, 2.24) is 4.90 Å². The van der Waals surface area contributed by atoms with Crippen LogP contribution >= 0.6 is 0 Å². The van der Waals surface area contributed by atoms with Gasteiger partial charge in [0, 0.05) is 12.5 Å². The lowest BCUT2D eigenvalue weighted by atomic mass is 9.80. The molecule has 0 bridgehead atoms. The minimum absolute atomic E-state index is 0.00650. The van der Waals surface area contributed by atoms with Crippen molar-refractivity contribution in [1.29, 1.82) is 0 Å². The van der Waals surface area contributed by atoms with Gasteiger partial charge in [-0.2, -0.15) is 0 Å². The molecule has 1 saturated heterocycles. The number of aliphatic carboxylic acids is 1. The fourth-order valence-electron chi connectivity index (χ4n) is 3.07. The van der Waals surface area contributed by atoms with Gasteiger partial charge in [0.1, 0.15) is 0 Å². The second-order valence-electron chi connectivity index (χ2n) is 6.24. The fourth-order valence-corrected chi connectivity index (χ4v) is 3.07. The van der Waals surface area contributed by atoms with Crippen LogP contribution < -0.4 is 0 Å². The molecule has 1 aliphatic carbocycles. The van der Waals surface area contributed by atoms with E-state index in [9.17, 15) is 9.59 Å². The van der Waals surface area contributed by atoms with Crippen LogP contribution in [0.2, 0.25) is 0 Å². The van der Waals surface area contributed by atoms with Gasteiger partial charge in [-0.1, -0.05) is 0 Å². The average molecular weight is 269 g/mol. The Balaban J connectivity index is 1.95. The van der Waals surface area contributed by atoms with Crippen molar-refractivity contribution in [2.75, 3.05) is 19.8 Å². The topological polar surface area (TPSA) is 66.8 Å². The van der Waals surface area contributed by atoms with Gasteiger partial charge in [-0.05, 0) is 39.5 Å². The van der Waals surface area contributed by atoms with E-state index >= 15 is 0 Å². The molecule has 1 N–H and O–H groups in total. The van der Waals surface area contributed by atoms with Crippen LogP contribution in [0.25, 0.3) is 0 Å². The SMILES string of the molecule is CC1(C)COCCN1C(=O)C1CCC(C(=O)O)CC1. The van der Waals surface area contributed by atoms with Crippen LogP contribution in [0.1, 0.15) is 39.5 Å². The van der Waals surface area contributed by atoms with Crippen molar-refractivity contribution in [2.45, 2.75) is 45.1 Å². The Hall–Kier alpha value is -1.10. The molecule has 2 aliphatic rings. The number of carboxylic acids is 1. The molecule has 2 fully saturated rings. The first-order valence-electron chi connectivity index (χ1n) is 7.04. The molecular formula is C14H23NO4. The predicted molar refractivity (Wildman–Crippen MR) is 69.7 cm³/mol. The molecule has 5 heteroatoms. The number of hydrogen-bond acceptors (Lipinski definition) is 3. The Bertz CT molecular complexity index is 358. The zero-order valence-electron chi connectivity index (χ0n) is 11.7. The number of nitrogens with zero attached hydrogens (tertiary/aromatic N) is 1. The number of rotatable bonds is 2. The Kier molecular flexibility index (Phi) is 4.13. The molecule has 1 aliphatic heterocycles. The molecule has 0 aromatic rings. The second-order valence-corrected chi connectivity index (χ2v) is 6.24. The quantitative estimate of drug-likeness (QED) is 0.825. The summed E-state index contributed by atoms with van der Waals surface area (Å²) >= 11 is 0. The molecule has 2 rings (SSSR count). The van der Waals surface area contributed by atoms with Gasteiger partial charge in [-0.3, -0.25) is 9.59 Å². The van der Waals surface area contributed by atoms with Crippen molar-refractivity contribution in [3.8, 4) is 0 Å². The number of carbonyl (C=O) groups is 2. The molecule has 0 atom stereocenters. The average Bonchev–Trinajstić information content (AvgIpc) is 2.37. The van der Waals surface area contributed by atoms with Crippen molar-refractivity contribution < 1.29 is 19.4 Å². The van der Waals surface area contributed by atoms with Crippen LogP contribution in [0.4, 0.5) is 0 Å². The first-order chi connectivity index (χ1) is 8.92. The Morgan fingerprint density at radius 2 is 1.74 bits per heavy atom. The molecule has 1 amide bonds. The van der Waals surface area contributed by atoms with E-state index in [1.54, 1.807) is 0 Å². The smallest absolute Gasteiger partial charge is 0.306 e. The summed E-state index contributed by atoms with van der Waals surface area (Å²) < 4.78 is 5.43. The lowest BCUT2D eigenvalue weighted by molar-refractivity contribution is -0.154. The predicted octanol–water partition coefficient (Wildman–Crippen LogP) is 1.51. The zero-order valence-corrected chi connectivity index (χ0v) is 11.7. The van der Waals surface area contributed by atoms with Crippen LogP contribution in [-0.2, 0) is 14.3 Å². The van der Waals surface area contributed by atoms with E-state index in [2.05, 4.69) is 0 Å².